The third kappa shape index (κ3) is 4.75. The zero-order valence-corrected chi connectivity index (χ0v) is 17.7. The Hall–Kier alpha value is -2.47. The number of H-pyrrole nitrogens is 1. The summed E-state index contributed by atoms with van der Waals surface area (Å²) in [5.74, 6) is 0.0915. The number of nitrogens with zero attached hydrogens (tertiary/aromatic N) is 1. The highest BCUT2D eigenvalue weighted by Gasteiger charge is 2.20. The SMILES string of the molecule is O=C(CSc1[nH]c2ccccc2[n+]1Cc1ccccc1)Nc1cc(Cl)ccc1Cl. The lowest BCUT2D eigenvalue weighted by Crippen LogP contribution is -2.35. The van der Waals surface area contributed by atoms with Gasteiger partial charge in [0.2, 0.25) is 5.91 Å². The van der Waals surface area contributed by atoms with Gasteiger partial charge in [0.05, 0.1) is 16.5 Å². The second kappa shape index (κ2) is 8.91. The van der Waals surface area contributed by atoms with Gasteiger partial charge in [0.1, 0.15) is 6.54 Å². The van der Waals surface area contributed by atoms with Crippen molar-refractivity contribution < 1.29 is 9.36 Å². The lowest BCUT2D eigenvalue weighted by atomic mass is 10.2. The Kier molecular flexibility index (Phi) is 6.09. The van der Waals surface area contributed by atoms with Gasteiger partial charge < -0.3 is 5.32 Å². The largest absolute Gasteiger partial charge is 0.324 e. The summed E-state index contributed by atoms with van der Waals surface area (Å²) in [5, 5.41) is 4.72. The predicted octanol–water partition coefficient (Wildman–Crippen LogP) is 5.54. The van der Waals surface area contributed by atoms with Crippen LogP contribution in [0.4, 0.5) is 5.69 Å². The second-order valence-corrected chi connectivity index (χ2v) is 8.29. The molecule has 1 amide bonds. The molecule has 0 fully saturated rings. The highest BCUT2D eigenvalue weighted by atomic mass is 35.5. The molecule has 0 spiro atoms. The van der Waals surface area contributed by atoms with Gasteiger partial charge in [-0.2, -0.15) is 0 Å². The van der Waals surface area contributed by atoms with Crippen molar-refractivity contribution >= 4 is 57.6 Å². The molecule has 0 aliphatic heterocycles. The Bertz CT molecular complexity index is 1160. The number of thioether (sulfide) groups is 1. The van der Waals surface area contributed by atoms with Crippen molar-refractivity contribution in [1.82, 2.24) is 4.98 Å². The van der Waals surface area contributed by atoms with Crippen LogP contribution in [0, 0.1) is 0 Å². The number of aromatic amines is 1. The zero-order chi connectivity index (χ0) is 20.2. The number of para-hydroxylation sites is 2. The number of carbonyl (C=O) groups is 1. The molecule has 0 atom stereocenters. The van der Waals surface area contributed by atoms with Gasteiger partial charge in [0.15, 0.2) is 11.0 Å². The molecule has 7 heteroatoms. The van der Waals surface area contributed by atoms with Crippen LogP contribution in [0.15, 0.2) is 78.0 Å². The summed E-state index contributed by atoms with van der Waals surface area (Å²) in [6.45, 7) is 0.717. The number of imidazole rings is 1. The molecule has 0 unspecified atom stereocenters. The van der Waals surface area contributed by atoms with Gasteiger partial charge in [-0.15, -0.1) is 0 Å². The maximum Gasteiger partial charge on any atom is 0.317 e. The highest BCUT2D eigenvalue weighted by Crippen LogP contribution is 2.26. The third-order valence-corrected chi connectivity index (χ3v) is 5.97. The number of halogens is 2. The molecule has 29 heavy (non-hydrogen) atoms. The molecule has 2 N–H and O–H groups in total. The van der Waals surface area contributed by atoms with Crippen LogP contribution in [0.3, 0.4) is 0 Å². The van der Waals surface area contributed by atoms with E-state index in [1.807, 2.05) is 36.4 Å². The first kappa shape index (κ1) is 19.8. The van der Waals surface area contributed by atoms with E-state index in [2.05, 4.69) is 33.1 Å². The molecular weight excluding hydrogens is 425 g/mol. The molecule has 0 aliphatic rings. The minimum atomic E-state index is -0.149. The summed E-state index contributed by atoms with van der Waals surface area (Å²) in [7, 11) is 0. The van der Waals surface area contributed by atoms with E-state index in [9.17, 15) is 4.79 Å². The van der Waals surface area contributed by atoms with Crippen LogP contribution in [0.25, 0.3) is 11.0 Å². The van der Waals surface area contributed by atoms with Gasteiger partial charge in [0, 0.05) is 5.02 Å². The average molecular weight is 443 g/mol. The smallest absolute Gasteiger partial charge is 0.317 e. The lowest BCUT2D eigenvalue weighted by molar-refractivity contribution is -0.700. The fourth-order valence-electron chi connectivity index (χ4n) is 3.06. The van der Waals surface area contributed by atoms with Gasteiger partial charge in [-0.3, -0.25) is 4.79 Å². The molecule has 0 radical (unpaired) electrons. The van der Waals surface area contributed by atoms with Crippen molar-refractivity contribution in [3.63, 3.8) is 0 Å². The molecule has 0 saturated carbocycles. The number of hydrogen-bond acceptors (Lipinski definition) is 2. The number of rotatable bonds is 6. The van der Waals surface area contributed by atoms with Gasteiger partial charge >= 0.3 is 5.16 Å². The van der Waals surface area contributed by atoms with Crippen LogP contribution in [-0.2, 0) is 11.3 Å². The summed E-state index contributed by atoms with van der Waals surface area (Å²) < 4.78 is 2.19. The molecule has 0 bridgehead atoms. The summed E-state index contributed by atoms with van der Waals surface area (Å²) in [6, 6.07) is 23.4. The van der Waals surface area contributed by atoms with Gasteiger partial charge in [-0.25, -0.2) is 9.55 Å². The van der Waals surface area contributed by atoms with Crippen LogP contribution in [-0.4, -0.2) is 16.6 Å². The molecular formula is C22H18Cl2N3OS+. The van der Waals surface area contributed by atoms with Crippen molar-refractivity contribution in [1.29, 1.82) is 0 Å². The van der Waals surface area contributed by atoms with Crippen LogP contribution in [0.5, 0.6) is 0 Å². The van der Waals surface area contributed by atoms with E-state index >= 15 is 0 Å². The average Bonchev–Trinajstić information content (AvgIpc) is 3.07. The Balaban J connectivity index is 1.53. The van der Waals surface area contributed by atoms with Crippen LogP contribution < -0.4 is 9.88 Å². The topological polar surface area (TPSA) is 48.8 Å². The van der Waals surface area contributed by atoms with Crippen molar-refractivity contribution in [2.45, 2.75) is 11.7 Å². The van der Waals surface area contributed by atoms with E-state index in [1.165, 1.54) is 17.3 Å². The fraction of sp³-hybridized carbons (Fsp3) is 0.0909. The number of aromatic nitrogens is 2. The minimum absolute atomic E-state index is 0.149. The molecule has 4 rings (SSSR count). The first-order valence-electron chi connectivity index (χ1n) is 9.02. The maximum atomic E-state index is 12.5. The number of anilines is 1. The molecule has 4 nitrogen and oxygen atoms in total. The maximum absolute atomic E-state index is 12.5. The number of benzene rings is 3. The van der Waals surface area contributed by atoms with E-state index in [4.69, 9.17) is 23.2 Å². The Morgan fingerprint density at radius 3 is 2.59 bits per heavy atom. The number of carbonyl (C=O) groups excluding carboxylic acids is 1. The zero-order valence-electron chi connectivity index (χ0n) is 15.4. The minimum Gasteiger partial charge on any atom is -0.324 e. The molecule has 0 saturated heterocycles. The van der Waals surface area contributed by atoms with E-state index in [1.54, 1.807) is 18.2 Å². The Morgan fingerprint density at radius 1 is 1.00 bits per heavy atom. The van der Waals surface area contributed by atoms with E-state index in [-0.39, 0.29) is 11.7 Å². The molecule has 0 aliphatic carbocycles. The summed E-state index contributed by atoms with van der Waals surface area (Å²) in [5.41, 5.74) is 3.83. The number of amides is 1. The van der Waals surface area contributed by atoms with Crippen molar-refractivity contribution in [2.75, 3.05) is 11.1 Å². The molecule has 1 heterocycles. The van der Waals surface area contributed by atoms with Crippen molar-refractivity contribution in [2.24, 2.45) is 0 Å². The van der Waals surface area contributed by atoms with Crippen molar-refractivity contribution in [3.05, 3.63) is 88.4 Å². The van der Waals surface area contributed by atoms with E-state index in [0.717, 1.165) is 22.7 Å². The standard InChI is InChI=1S/C22H17Cl2N3OS/c23-16-10-11-17(24)19(12-16)25-21(28)14-29-22-26-18-8-4-5-9-20(18)27(22)13-15-6-2-1-3-7-15/h1-12H,13-14H2,(H,25,28)/p+1. The number of hydrogen-bond donors (Lipinski definition) is 2. The second-order valence-electron chi connectivity index (χ2n) is 6.48. The third-order valence-electron chi connectivity index (χ3n) is 4.41. The molecule has 146 valence electrons. The predicted molar refractivity (Wildman–Crippen MR) is 120 cm³/mol. The van der Waals surface area contributed by atoms with Crippen LogP contribution in [0.1, 0.15) is 5.56 Å². The Labute approximate surface area is 182 Å². The summed E-state index contributed by atoms with van der Waals surface area (Å²) >= 11 is 13.6. The normalized spacial score (nSPS) is 11.0. The lowest BCUT2D eigenvalue weighted by Gasteiger charge is -2.07. The monoisotopic (exact) mass is 442 g/mol. The van der Waals surface area contributed by atoms with Crippen LogP contribution >= 0.6 is 35.0 Å². The van der Waals surface area contributed by atoms with E-state index in [0.29, 0.717) is 15.7 Å². The molecule has 4 aromatic rings. The summed E-state index contributed by atoms with van der Waals surface area (Å²) in [4.78, 5) is 15.9. The van der Waals surface area contributed by atoms with Gasteiger partial charge in [0.25, 0.3) is 0 Å². The summed E-state index contributed by atoms with van der Waals surface area (Å²) in [6.07, 6.45) is 0. The van der Waals surface area contributed by atoms with Crippen LogP contribution in [0.2, 0.25) is 10.0 Å². The molecule has 3 aromatic carbocycles. The number of fused-ring (bicyclic) bond motifs is 1. The quantitative estimate of drug-likeness (QED) is 0.304. The van der Waals surface area contributed by atoms with Crippen molar-refractivity contribution in [3.8, 4) is 0 Å². The molecule has 1 aromatic heterocycles. The first-order chi connectivity index (χ1) is 14.1. The number of nitrogens with one attached hydrogen (secondary N) is 2. The van der Waals surface area contributed by atoms with Gasteiger partial charge in [-0.1, -0.05) is 65.7 Å². The van der Waals surface area contributed by atoms with E-state index < -0.39 is 0 Å². The Morgan fingerprint density at radius 2 is 1.76 bits per heavy atom. The first-order valence-corrected chi connectivity index (χ1v) is 10.8. The van der Waals surface area contributed by atoms with Gasteiger partial charge in [-0.05, 0) is 47.7 Å². The fourth-order valence-corrected chi connectivity index (χ4v) is 4.23. The highest BCUT2D eigenvalue weighted by molar-refractivity contribution is 7.99.